The standard InChI is InChI=1S/C27H26N6O3.C2H6/c1-3-36-26(34)13-15-33(24-6-4-5-14-29-24)27(35)20-9-12-23-22(16-20)31-25(32(23)2)18-30-21-10-7-19(17-28)8-11-21;1-2/h4-12,14,16,30H,3,13,15,18H2,1-2H3;1-2H3. The Balaban J connectivity index is 0.00000195. The number of benzene rings is 2. The molecular formula is C29H32N6O3. The molecule has 1 amide bonds. The molecule has 1 N–H and O–H groups in total. The minimum Gasteiger partial charge on any atom is -0.466 e. The highest BCUT2D eigenvalue weighted by Crippen LogP contribution is 2.21. The summed E-state index contributed by atoms with van der Waals surface area (Å²) in [5.41, 5.74) is 3.50. The fraction of sp³-hybridized carbons (Fsp3) is 0.276. The van der Waals surface area contributed by atoms with Crippen LogP contribution in [0.2, 0.25) is 0 Å². The highest BCUT2D eigenvalue weighted by atomic mass is 16.5. The maximum Gasteiger partial charge on any atom is 0.307 e. The lowest BCUT2D eigenvalue weighted by molar-refractivity contribution is -0.142. The molecule has 2 aromatic heterocycles. The number of amides is 1. The number of hydrogen-bond donors (Lipinski definition) is 1. The molecule has 0 aliphatic carbocycles. The van der Waals surface area contributed by atoms with Crippen molar-refractivity contribution in [2.24, 2.45) is 7.05 Å². The van der Waals surface area contributed by atoms with Crippen molar-refractivity contribution in [3.05, 3.63) is 83.8 Å². The number of nitrogens with one attached hydrogen (secondary N) is 1. The van der Waals surface area contributed by atoms with E-state index in [4.69, 9.17) is 15.0 Å². The maximum atomic E-state index is 13.5. The zero-order valence-corrected chi connectivity index (χ0v) is 22.1. The van der Waals surface area contributed by atoms with Crippen molar-refractivity contribution in [3.8, 4) is 6.07 Å². The van der Waals surface area contributed by atoms with Crippen molar-refractivity contribution in [2.45, 2.75) is 33.7 Å². The van der Waals surface area contributed by atoms with E-state index in [0.717, 1.165) is 17.0 Å². The van der Waals surface area contributed by atoms with E-state index in [1.165, 1.54) is 4.90 Å². The van der Waals surface area contributed by atoms with Crippen LogP contribution in [0.5, 0.6) is 0 Å². The number of imidazole rings is 1. The number of carbonyl (C=O) groups is 2. The van der Waals surface area contributed by atoms with Gasteiger partial charge in [0.15, 0.2) is 0 Å². The van der Waals surface area contributed by atoms with E-state index in [9.17, 15) is 9.59 Å². The summed E-state index contributed by atoms with van der Waals surface area (Å²) in [5.74, 6) is 0.608. The van der Waals surface area contributed by atoms with Gasteiger partial charge in [-0.2, -0.15) is 5.26 Å². The zero-order chi connectivity index (χ0) is 27.5. The second-order valence-corrected chi connectivity index (χ2v) is 8.03. The van der Waals surface area contributed by atoms with Gasteiger partial charge in [-0.25, -0.2) is 9.97 Å². The lowest BCUT2D eigenvalue weighted by atomic mass is 10.1. The maximum absolute atomic E-state index is 13.5. The molecule has 4 rings (SSSR count). The molecule has 9 heteroatoms. The second kappa shape index (κ2) is 13.6. The quantitative estimate of drug-likeness (QED) is 0.311. The van der Waals surface area contributed by atoms with E-state index < -0.39 is 0 Å². The molecular weight excluding hydrogens is 480 g/mol. The Morgan fingerprint density at radius 3 is 2.53 bits per heavy atom. The lowest BCUT2D eigenvalue weighted by Gasteiger charge is -2.21. The van der Waals surface area contributed by atoms with Gasteiger partial charge in [0.25, 0.3) is 5.91 Å². The summed E-state index contributed by atoms with van der Waals surface area (Å²) in [6.45, 7) is 6.65. The van der Waals surface area contributed by atoms with Gasteiger partial charge in [-0.05, 0) is 61.5 Å². The number of aromatic nitrogens is 3. The van der Waals surface area contributed by atoms with E-state index >= 15 is 0 Å². The summed E-state index contributed by atoms with van der Waals surface area (Å²) in [4.78, 5) is 35.9. The number of aryl methyl sites for hydroxylation is 1. The minimum absolute atomic E-state index is 0.0626. The van der Waals surface area contributed by atoms with Gasteiger partial charge in [-0.1, -0.05) is 19.9 Å². The predicted octanol–water partition coefficient (Wildman–Crippen LogP) is 5.08. The molecule has 0 spiro atoms. The molecule has 0 bridgehead atoms. The third-order valence-electron chi connectivity index (χ3n) is 5.70. The number of ether oxygens (including phenoxy) is 1. The molecule has 4 aromatic rings. The molecule has 0 aliphatic rings. The fourth-order valence-electron chi connectivity index (χ4n) is 3.81. The first-order chi connectivity index (χ1) is 18.5. The Morgan fingerprint density at radius 2 is 1.87 bits per heavy atom. The number of pyridine rings is 1. The van der Waals surface area contributed by atoms with Gasteiger partial charge in [0, 0.05) is 31.0 Å². The van der Waals surface area contributed by atoms with Crippen molar-refractivity contribution < 1.29 is 14.3 Å². The number of nitriles is 1. The summed E-state index contributed by atoms with van der Waals surface area (Å²) in [6, 6.07) is 20.0. The smallest absolute Gasteiger partial charge is 0.307 e. The summed E-state index contributed by atoms with van der Waals surface area (Å²) in [6.07, 6.45) is 1.67. The van der Waals surface area contributed by atoms with Crippen molar-refractivity contribution in [1.29, 1.82) is 5.26 Å². The molecule has 0 saturated carbocycles. The summed E-state index contributed by atoms with van der Waals surface area (Å²) in [5, 5.41) is 12.3. The average Bonchev–Trinajstić information content (AvgIpc) is 3.28. The topological polar surface area (TPSA) is 113 Å². The van der Waals surface area contributed by atoms with Gasteiger partial charge in [0.05, 0.1) is 42.2 Å². The first-order valence-corrected chi connectivity index (χ1v) is 12.6. The number of hydrogen-bond acceptors (Lipinski definition) is 7. The van der Waals surface area contributed by atoms with E-state index in [1.807, 2.05) is 43.7 Å². The molecule has 2 aromatic carbocycles. The number of carbonyl (C=O) groups excluding carboxylic acids is 2. The molecule has 9 nitrogen and oxygen atoms in total. The zero-order valence-electron chi connectivity index (χ0n) is 22.1. The molecule has 196 valence electrons. The van der Waals surface area contributed by atoms with Gasteiger partial charge in [-0.3, -0.25) is 14.5 Å². The second-order valence-electron chi connectivity index (χ2n) is 8.03. The van der Waals surface area contributed by atoms with Crippen LogP contribution in [-0.2, 0) is 23.1 Å². The normalized spacial score (nSPS) is 10.2. The van der Waals surface area contributed by atoms with Crippen LogP contribution in [0.4, 0.5) is 11.5 Å². The Kier molecular flexibility index (Phi) is 9.94. The van der Waals surface area contributed by atoms with Crippen molar-refractivity contribution in [1.82, 2.24) is 14.5 Å². The fourth-order valence-corrected chi connectivity index (χ4v) is 3.81. The SMILES string of the molecule is CC.CCOC(=O)CCN(C(=O)c1ccc2c(c1)nc(CNc1ccc(C#N)cc1)n2C)c1ccccn1. The average molecular weight is 513 g/mol. The monoisotopic (exact) mass is 512 g/mol. The molecule has 0 saturated heterocycles. The van der Waals surface area contributed by atoms with Crippen LogP contribution in [0, 0.1) is 11.3 Å². The van der Waals surface area contributed by atoms with Gasteiger partial charge in [0.1, 0.15) is 11.6 Å². The minimum atomic E-state index is -0.370. The number of rotatable bonds is 9. The molecule has 38 heavy (non-hydrogen) atoms. The largest absolute Gasteiger partial charge is 0.466 e. The van der Waals surface area contributed by atoms with Crippen LogP contribution < -0.4 is 10.2 Å². The Hall–Kier alpha value is -4.71. The van der Waals surface area contributed by atoms with Crippen molar-refractivity contribution >= 4 is 34.4 Å². The van der Waals surface area contributed by atoms with Crippen LogP contribution in [0.25, 0.3) is 11.0 Å². The summed E-state index contributed by atoms with van der Waals surface area (Å²) >= 11 is 0. The van der Waals surface area contributed by atoms with Gasteiger partial charge >= 0.3 is 5.97 Å². The van der Waals surface area contributed by atoms with E-state index in [2.05, 4.69) is 16.4 Å². The molecule has 0 radical (unpaired) electrons. The Labute approximate surface area is 222 Å². The highest BCUT2D eigenvalue weighted by Gasteiger charge is 2.21. The van der Waals surface area contributed by atoms with Crippen LogP contribution in [0.15, 0.2) is 66.9 Å². The van der Waals surface area contributed by atoms with Gasteiger partial charge < -0.3 is 14.6 Å². The first kappa shape index (κ1) is 27.9. The molecule has 0 unspecified atom stereocenters. The van der Waals surface area contributed by atoms with Crippen molar-refractivity contribution in [2.75, 3.05) is 23.4 Å². The highest BCUT2D eigenvalue weighted by molar-refractivity contribution is 6.07. The lowest BCUT2D eigenvalue weighted by Crippen LogP contribution is -2.34. The Morgan fingerprint density at radius 1 is 1.11 bits per heavy atom. The number of anilines is 2. The molecule has 0 aliphatic heterocycles. The molecule has 0 atom stereocenters. The molecule has 0 fully saturated rings. The summed E-state index contributed by atoms with van der Waals surface area (Å²) in [7, 11) is 1.92. The van der Waals surface area contributed by atoms with Gasteiger partial charge in [-0.15, -0.1) is 0 Å². The molecule has 2 heterocycles. The third-order valence-corrected chi connectivity index (χ3v) is 5.70. The Bertz CT molecular complexity index is 1410. The van der Waals surface area contributed by atoms with E-state index in [0.29, 0.717) is 29.0 Å². The first-order valence-electron chi connectivity index (χ1n) is 12.6. The third kappa shape index (κ3) is 6.73. The van der Waals surface area contributed by atoms with Gasteiger partial charge in [0.2, 0.25) is 0 Å². The number of esters is 1. The van der Waals surface area contributed by atoms with Crippen LogP contribution in [0.1, 0.15) is 48.9 Å². The van der Waals surface area contributed by atoms with Crippen molar-refractivity contribution in [3.63, 3.8) is 0 Å². The number of fused-ring (bicyclic) bond motifs is 1. The summed E-state index contributed by atoms with van der Waals surface area (Å²) < 4.78 is 6.99. The van der Waals surface area contributed by atoms with Crippen LogP contribution in [-0.4, -0.2) is 39.6 Å². The van der Waals surface area contributed by atoms with Crippen LogP contribution >= 0.6 is 0 Å². The van der Waals surface area contributed by atoms with E-state index in [1.54, 1.807) is 55.6 Å². The van der Waals surface area contributed by atoms with E-state index in [-0.39, 0.29) is 31.4 Å². The van der Waals surface area contributed by atoms with Crippen LogP contribution in [0.3, 0.4) is 0 Å². The predicted molar refractivity (Wildman–Crippen MR) is 148 cm³/mol. The number of nitrogens with zero attached hydrogens (tertiary/aromatic N) is 5.